The highest BCUT2D eigenvalue weighted by Crippen LogP contribution is 2.32. The average Bonchev–Trinajstić information content (AvgIpc) is 3.48. The SMILES string of the molecule is CC(C)(C)[C@H](NC(=O)C(CC1CCCC1)CN(O)C=O)C(=O)N1CCC(Nc2ccc(N3CCOCC3)c(F)c2)CC1. The van der Waals surface area contributed by atoms with Crippen LogP contribution in [0.3, 0.4) is 0 Å². The Hall–Kier alpha value is -2.92. The van der Waals surface area contributed by atoms with Gasteiger partial charge in [-0.3, -0.25) is 19.6 Å². The summed E-state index contributed by atoms with van der Waals surface area (Å²) >= 11 is 0. The van der Waals surface area contributed by atoms with Crippen LogP contribution < -0.4 is 15.5 Å². The maximum atomic E-state index is 14.9. The zero-order valence-electron chi connectivity index (χ0n) is 25.3. The van der Waals surface area contributed by atoms with E-state index < -0.39 is 17.4 Å². The second kappa shape index (κ2) is 14.5. The van der Waals surface area contributed by atoms with Gasteiger partial charge in [0.05, 0.1) is 31.4 Å². The number of nitrogens with one attached hydrogen (secondary N) is 2. The molecule has 3 amide bonds. The first-order valence-electron chi connectivity index (χ1n) is 15.4. The predicted octanol–water partition coefficient (Wildman–Crippen LogP) is 3.64. The summed E-state index contributed by atoms with van der Waals surface area (Å²) < 4.78 is 20.2. The van der Waals surface area contributed by atoms with Gasteiger partial charge < -0.3 is 25.2 Å². The molecule has 42 heavy (non-hydrogen) atoms. The van der Waals surface area contributed by atoms with Crippen molar-refractivity contribution in [1.29, 1.82) is 0 Å². The second-order valence-corrected chi connectivity index (χ2v) is 13.1. The van der Waals surface area contributed by atoms with Crippen LogP contribution in [0.1, 0.15) is 65.7 Å². The molecule has 2 aliphatic heterocycles. The summed E-state index contributed by atoms with van der Waals surface area (Å²) in [5.41, 5.74) is 0.766. The lowest BCUT2D eigenvalue weighted by Crippen LogP contribution is -2.58. The molecule has 3 N–H and O–H groups in total. The molecule has 0 bridgehead atoms. The van der Waals surface area contributed by atoms with E-state index in [2.05, 4.69) is 10.6 Å². The molecular weight excluding hydrogens is 541 g/mol. The van der Waals surface area contributed by atoms with E-state index in [1.807, 2.05) is 37.8 Å². The van der Waals surface area contributed by atoms with E-state index in [0.717, 1.165) is 31.4 Å². The number of ether oxygens (including phenoxy) is 1. The highest BCUT2D eigenvalue weighted by Gasteiger charge is 2.39. The molecule has 2 heterocycles. The van der Waals surface area contributed by atoms with E-state index in [-0.39, 0.29) is 30.2 Å². The van der Waals surface area contributed by atoms with Crippen LogP contribution in [0.15, 0.2) is 18.2 Å². The number of benzene rings is 1. The highest BCUT2D eigenvalue weighted by atomic mass is 19.1. The second-order valence-electron chi connectivity index (χ2n) is 13.1. The lowest BCUT2D eigenvalue weighted by molar-refractivity contribution is -0.156. The van der Waals surface area contributed by atoms with Gasteiger partial charge in [-0.1, -0.05) is 46.5 Å². The van der Waals surface area contributed by atoms with Crippen molar-refractivity contribution in [1.82, 2.24) is 15.3 Å². The van der Waals surface area contributed by atoms with Crippen molar-refractivity contribution in [2.75, 3.05) is 56.2 Å². The molecule has 0 spiro atoms. The molecule has 0 radical (unpaired) electrons. The van der Waals surface area contributed by atoms with Gasteiger partial charge in [0.1, 0.15) is 11.9 Å². The van der Waals surface area contributed by atoms with Crippen molar-refractivity contribution >= 4 is 29.6 Å². The highest BCUT2D eigenvalue weighted by molar-refractivity contribution is 5.89. The number of carbonyl (C=O) groups excluding carboxylic acids is 3. The number of amides is 3. The van der Waals surface area contributed by atoms with Crippen molar-refractivity contribution in [2.24, 2.45) is 17.3 Å². The summed E-state index contributed by atoms with van der Waals surface area (Å²) in [5.74, 6) is -0.922. The molecule has 3 aliphatic rings. The fourth-order valence-corrected chi connectivity index (χ4v) is 6.41. The molecule has 0 aromatic heterocycles. The van der Waals surface area contributed by atoms with E-state index in [0.29, 0.717) is 81.7 Å². The largest absolute Gasteiger partial charge is 0.382 e. The van der Waals surface area contributed by atoms with Crippen LogP contribution >= 0.6 is 0 Å². The molecule has 1 aliphatic carbocycles. The van der Waals surface area contributed by atoms with Crippen LogP contribution in [0.4, 0.5) is 15.8 Å². The maximum Gasteiger partial charge on any atom is 0.245 e. The van der Waals surface area contributed by atoms with Gasteiger partial charge in [0.15, 0.2) is 0 Å². The fraction of sp³-hybridized carbons (Fsp3) is 0.710. The maximum absolute atomic E-state index is 14.9. The first-order chi connectivity index (χ1) is 20.0. The Morgan fingerprint density at radius 3 is 2.38 bits per heavy atom. The number of rotatable bonds is 11. The van der Waals surface area contributed by atoms with Gasteiger partial charge in [0.2, 0.25) is 18.2 Å². The third kappa shape index (κ3) is 8.56. The average molecular weight is 590 g/mol. The number of anilines is 2. The van der Waals surface area contributed by atoms with Crippen molar-refractivity contribution in [3.8, 4) is 0 Å². The minimum absolute atomic E-state index is 0.0953. The van der Waals surface area contributed by atoms with Crippen LogP contribution in [0, 0.1) is 23.1 Å². The Balaban J connectivity index is 1.33. The van der Waals surface area contributed by atoms with Gasteiger partial charge in [-0.15, -0.1) is 0 Å². The zero-order valence-corrected chi connectivity index (χ0v) is 25.3. The Kier molecular flexibility index (Phi) is 11.1. The topological polar surface area (TPSA) is 114 Å². The van der Waals surface area contributed by atoms with Crippen molar-refractivity contribution in [2.45, 2.75) is 77.8 Å². The normalized spacial score (nSPS) is 20.2. The molecule has 2 atom stereocenters. The molecule has 1 unspecified atom stereocenters. The van der Waals surface area contributed by atoms with E-state index >= 15 is 0 Å². The number of nitrogens with zero attached hydrogens (tertiary/aromatic N) is 3. The van der Waals surface area contributed by atoms with Crippen LogP contribution in [-0.2, 0) is 19.1 Å². The molecular formula is C31H48FN5O5. The molecule has 234 valence electrons. The van der Waals surface area contributed by atoms with Crippen molar-refractivity contribution in [3.05, 3.63) is 24.0 Å². The number of morpholine rings is 1. The summed E-state index contributed by atoms with van der Waals surface area (Å²) in [6.07, 6.45) is 6.60. The molecule has 2 saturated heterocycles. The summed E-state index contributed by atoms with van der Waals surface area (Å²) in [7, 11) is 0. The fourth-order valence-electron chi connectivity index (χ4n) is 6.41. The number of likely N-dealkylation sites (tertiary alicyclic amines) is 1. The number of carbonyl (C=O) groups is 3. The summed E-state index contributed by atoms with van der Waals surface area (Å²) in [6.45, 7) is 9.26. The minimum Gasteiger partial charge on any atom is -0.382 e. The van der Waals surface area contributed by atoms with Gasteiger partial charge in [-0.25, -0.2) is 9.45 Å². The Labute approximate surface area is 248 Å². The smallest absolute Gasteiger partial charge is 0.245 e. The third-order valence-electron chi connectivity index (χ3n) is 8.87. The molecule has 11 heteroatoms. The minimum atomic E-state index is -0.745. The van der Waals surface area contributed by atoms with Crippen molar-refractivity contribution < 1.29 is 28.7 Å². The van der Waals surface area contributed by atoms with E-state index in [9.17, 15) is 24.0 Å². The van der Waals surface area contributed by atoms with Crippen LogP contribution in [0.25, 0.3) is 0 Å². The molecule has 4 rings (SSSR count). The zero-order chi connectivity index (χ0) is 30.3. The Morgan fingerprint density at radius 2 is 1.79 bits per heavy atom. The lowest BCUT2D eigenvalue weighted by Gasteiger charge is -2.39. The summed E-state index contributed by atoms with van der Waals surface area (Å²) in [4.78, 5) is 42.1. The lowest BCUT2D eigenvalue weighted by atomic mass is 9.84. The quantitative estimate of drug-likeness (QED) is 0.205. The predicted molar refractivity (Wildman–Crippen MR) is 159 cm³/mol. The van der Waals surface area contributed by atoms with Crippen LogP contribution in [0.2, 0.25) is 0 Å². The van der Waals surface area contributed by atoms with Gasteiger partial charge in [0, 0.05) is 37.9 Å². The monoisotopic (exact) mass is 589 g/mol. The molecule has 10 nitrogen and oxygen atoms in total. The van der Waals surface area contributed by atoms with E-state index in [1.165, 1.54) is 6.07 Å². The Bertz CT molecular complexity index is 1060. The number of hydrogen-bond donors (Lipinski definition) is 3. The first kappa shape index (κ1) is 32.0. The van der Waals surface area contributed by atoms with Gasteiger partial charge in [-0.2, -0.15) is 0 Å². The number of hydrogen-bond acceptors (Lipinski definition) is 7. The van der Waals surface area contributed by atoms with Crippen LogP contribution in [-0.4, -0.2) is 91.4 Å². The van der Waals surface area contributed by atoms with Gasteiger partial charge >= 0.3 is 0 Å². The van der Waals surface area contributed by atoms with Gasteiger partial charge in [-0.05, 0) is 48.8 Å². The number of halogens is 1. The first-order valence-corrected chi connectivity index (χ1v) is 15.4. The molecule has 1 aromatic rings. The number of piperidine rings is 1. The number of hydroxylamine groups is 2. The van der Waals surface area contributed by atoms with Gasteiger partial charge in [0.25, 0.3) is 0 Å². The molecule has 1 saturated carbocycles. The van der Waals surface area contributed by atoms with Crippen LogP contribution in [0.5, 0.6) is 0 Å². The summed E-state index contributed by atoms with van der Waals surface area (Å²) in [6, 6.07) is 4.60. The van der Waals surface area contributed by atoms with E-state index in [4.69, 9.17) is 4.74 Å². The molecule has 3 fully saturated rings. The van der Waals surface area contributed by atoms with E-state index in [1.54, 1.807) is 4.90 Å². The molecule has 1 aromatic carbocycles. The third-order valence-corrected chi connectivity index (χ3v) is 8.87. The summed E-state index contributed by atoms with van der Waals surface area (Å²) in [5, 5.41) is 16.8. The standard InChI is InChI=1S/C31H48FN5O5/c1-31(2,3)28(34-29(39)23(20-37(41)21-38)18-22-6-4-5-7-22)30(40)36-12-10-24(11-13-36)33-25-8-9-27(26(32)19-25)35-14-16-42-17-15-35/h8-9,19,21-24,28,33,41H,4-7,10-18,20H2,1-3H3,(H,34,39)/t23?,28-/m1/s1. The van der Waals surface area contributed by atoms with Crippen molar-refractivity contribution in [3.63, 3.8) is 0 Å². The Morgan fingerprint density at radius 1 is 1.12 bits per heavy atom.